The highest BCUT2D eigenvalue weighted by molar-refractivity contribution is 5.14. The van der Waals surface area contributed by atoms with Gasteiger partial charge in [-0.2, -0.15) is 0 Å². The molecule has 1 aromatic heterocycles. The van der Waals surface area contributed by atoms with Crippen LogP contribution in [0.25, 0.3) is 0 Å². The SMILES string of the molecule is CC(n1nnc2c1CCNC2)C(C)(C)C. The van der Waals surface area contributed by atoms with E-state index in [1.165, 1.54) is 5.69 Å². The van der Waals surface area contributed by atoms with Crippen molar-refractivity contribution in [1.82, 2.24) is 20.3 Å². The van der Waals surface area contributed by atoms with Crippen LogP contribution in [-0.4, -0.2) is 21.5 Å². The summed E-state index contributed by atoms with van der Waals surface area (Å²) in [5.74, 6) is 0. The van der Waals surface area contributed by atoms with Crippen LogP contribution in [0.3, 0.4) is 0 Å². The monoisotopic (exact) mass is 208 g/mol. The van der Waals surface area contributed by atoms with E-state index in [2.05, 4.69) is 48.0 Å². The highest BCUT2D eigenvalue weighted by atomic mass is 15.4. The van der Waals surface area contributed by atoms with Gasteiger partial charge in [0.05, 0.1) is 17.4 Å². The molecule has 1 unspecified atom stereocenters. The molecular weight excluding hydrogens is 188 g/mol. The van der Waals surface area contributed by atoms with E-state index in [1.807, 2.05) is 0 Å². The molecule has 0 spiro atoms. The lowest BCUT2D eigenvalue weighted by Crippen LogP contribution is -2.29. The molecule has 0 aromatic carbocycles. The first-order valence-corrected chi connectivity index (χ1v) is 5.64. The topological polar surface area (TPSA) is 42.7 Å². The molecule has 0 saturated carbocycles. The fourth-order valence-corrected chi connectivity index (χ4v) is 1.83. The smallest absolute Gasteiger partial charge is 0.0997 e. The fraction of sp³-hybridized carbons (Fsp3) is 0.818. The van der Waals surface area contributed by atoms with Crippen LogP contribution in [0.2, 0.25) is 0 Å². The summed E-state index contributed by atoms with van der Waals surface area (Å²) in [6, 6.07) is 0.395. The van der Waals surface area contributed by atoms with Gasteiger partial charge in [-0.3, -0.25) is 0 Å². The quantitative estimate of drug-likeness (QED) is 0.761. The summed E-state index contributed by atoms with van der Waals surface area (Å²) in [6.07, 6.45) is 1.04. The molecule has 4 nitrogen and oxygen atoms in total. The van der Waals surface area contributed by atoms with Crippen molar-refractivity contribution in [3.8, 4) is 0 Å². The Morgan fingerprint density at radius 2 is 2.13 bits per heavy atom. The molecule has 1 aromatic rings. The van der Waals surface area contributed by atoms with Gasteiger partial charge in [0.15, 0.2) is 0 Å². The van der Waals surface area contributed by atoms with Crippen molar-refractivity contribution >= 4 is 0 Å². The number of nitrogens with zero attached hydrogens (tertiary/aromatic N) is 3. The van der Waals surface area contributed by atoms with Crippen molar-refractivity contribution in [2.75, 3.05) is 6.54 Å². The third-order valence-corrected chi connectivity index (χ3v) is 3.32. The minimum atomic E-state index is 0.229. The van der Waals surface area contributed by atoms with Gasteiger partial charge in [-0.1, -0.05) is 26.0 Å². The predicted octanol–water partition coefficient (Wildman–Crippen LogP) is 1.53. The molecule has 1 aliphatic rings. The maximum Gasteiger partial charge on any atom is 0.0997 e. The van der Waals surface area contributed by atoms with Crippen molar-refractivity contribution in [2.24, 2.45) is 5.41 Å². The first-order valence-electron chi connectivity index (χ1n) is 5.64. The molecule has 1 atom stereocenters. The maximum absolute atomic E-state index is 4.29. The molecule has 0 aliphatic carbocycles. The summed E-state index contributed by atoms with van der Waals surface area (Å²) < 4.78 is 2.11. The lowest BCUT2D eigenvalue weighted by Gasteiger charge is -2.29. The van der Waals surface area contributed by atoms with Crippen LogP contribution in [0, 0.1) is 5.41 Å². The number of aromatic nitrogens is 3. The largest absolute Gasteiger partial charge is 0.311 e. The molecule has 4 heteroatoms. The van der Waals surface area contributed by atoms with E-state index in [-0.39, 0.29) is 5.41 Å². The Bertz CT molecular complexity index is 348. The fourth-order valence-electron chi connectivity index (χ4n) is 1.83. The van der Waals surface area contributed by atoms with Crippen LogP contribution < -0.4 is 5.32 Å². The molecule has 0 saturated heterocycles. The highest BCUT2D eigenvalue weighted by Crippen LogP contribution is 2.31. The van der Waals surface area contributed by atoms with Crippen LogP contribution in [-0.2, 0) is 13.0 Å². The predicted molar refractivity (Wildman–Crippen MR) is 59.6 cm³/mol. The summed E-state index contributed by atoms with van der Waals surface area (Å²) in [5.41, 5.74) is 2.67. The summed E-state index contributed by atoms with van der Waals surface area (Å²) >= 11 is 0. The zero-order chi connectivity index (χ0) is 11.1. The molecule has 0 amide bonds. The van der Waals surface area contributed by atoms with Gasteiger partial charge in [0, 0.05) is 19.5 Å². The Balaban J connectivity index is 2.33. The summed E-state index contributed by atoms with van der Waals surface area (Å²) in [4.78, 5) is 0. The highest BCUT2D eigenvalue weighted by Gasteiger charge is 2.27. The van der Waals surface area contributed by atoms with Gasteiger partial charge in [0.25, 0.3) is 0 Å². The number of hydrogen-bond acceptors (Lipinski definition) is 3. The molecular formula is C11H20N4. The summed E-state index contributed by atoms with van der Waals surface area (Å²) in [5, 5.41) is 11.8. The van der Waals surface area contributed by atoms with Gasteiger partial charge in [0.1, 0.15) is 0 Å². The minimum absolute atomic E-state index is 0.229. The van der Waals surface area contributed by atoms with Gasteiger partial charge in [-0.25, -0.2) is 4.68 Å². The van der Waals surface area contributed by atoms with Crippen LogP contribution in [0.15, 0.2) is 0 Å². The Morgan fingerprint density at radius 3 is 2.80 bits per heavy atom. The second-order valence-electron chi connectivity index (χ2n) is 5.40. The van der Waals surface area contributed by atoms with E-state index < -0.39 is 0 Å². The van der Waals surface area contributed by atoms with Crippen LogP contribution in [0.1, 0.15) is 45.1 Å². The van der Waals surface area contributed by atoms with Crippen molar-refractivity contribution in [3.63, 3.8) is 0 Å². The molecule has 1 aliphatic heterocycles. The van der Waals surface area contributed by atoms with Crippen LogP contribution in [0.4, 0.5) is 0 Å². The number of hydrogen-bond donors (Lipinski definition) is 1. The molecule has 0 bridgehead atoms. The average molecular weight is 208 g/mol. The third-order valence-electron chi connectivity index (χ3n) is 3.32. The Hall–Kier alpha value is -0.900. The average Bonchev–Trinajstić information content (AvgIpc) is 2.58. The van der Waals surface area contributed by atoms with Gasteiger partial charge in [-0.05, 0) is 12.3 Å². The third kappa shape index (κ3) is 1.91. The van der Waals surface area contributed by atoms with E-state index in [4.69, 9.17) is 0 Å². The van der Waals surface area contributed by atoms with E-state index in [0.29, 0.717) is 6.04 Å². The molecule has 15 heavy (non-hydrogen) atoms. The molecule has 0 fully saturated rings. The Labute approximate surface area is 91.1 Å². The number of nitrogens with one attached hydrogen (secondary N) is 1. The zero-order valence-corrected chi connectivity index (χ0v) is 10.0. The van der Waals surface area contributed by atoms with E-state index >= 15 is 0 Å². The second-order valence-corrected chi connectivity index (χ2v) is 5.40. The number of fused-ring (bicyclic) bond motifs is 1. The van der Waals surface area contributed by atoms with Gasteiger partial charge in [0.2, 0.25) is 0 Å². The van der Waals surface area contributed by atoms with Crippen LogP contribution in [0.5, 0.6) is 0 Å². The zero-order valence-electron chi connectivity index (χ0n) is 10.0. The molecule has 84 valence electrons. The van der Waals surface area contributed by atoms with E-state index in [1.54, 1.807) is 0 Å². The number of rotatable bonds is 1. The van der Waals surface area contributed by atoms with E-state index in [9.17, 15) is 0 Å². The van der Waals surface area contributed by atoms with E-state index in [0.717, 1.165) is 25.2 Å². The molecule has 2 rings (SSSR count). The Kier molecular flexibility index (Phi) is 2.54. The summed E-state index contributed by atoms with van der Waals surface area (Å²) in [7, 11) is 0. The van der Waals surface area contributed by atoms with Gasteiger partial charge >= 0.3 is 0 Å². The van der Waals surface area contributed by atoms with Crippen molar-refractivity contribution in [3.05, 3.63) is 11.4 Å². The lowest BCUT2D eigenvalue weighted by molar-refractivity contribution is 0.235. The second kappa shape index (κ2) is 3.59. The van der Waals surface area contributed by atoms with Crippen molar-refractivity contribution in [1.29, 1.82) is 0 Å². The Morgan fingerprint density at radius 1 is 1.40 bits per heavy atom. The molecule has 1 N–H and O–H groups in total. The minimum Gasteiger partial charge on any atom is -0.311 e. The first kappa shape index (κ1) is 10.6. The van der Waals surface area contributed by atoms with Crippen molar-refractivity contribution < 1.29 is 0 Å². The van der Waals surface area contributed by atoms with Crippen LogP contribution >= 0.6 is 0 Å². The standard InChI is InChI=1S/C11H20N4/c1-8(11(2,3)4)15-10-5-6-12-7-9(10)13-14-15/h8,12H,5-7H2,1-4H3. The maximum atomic E-state index is 4.29. The molecule has 0 radical (unpaired) electrons. The van der Waals surface area contributed by atoms with Crippen molar-refractivity contribution in [2.45, 2.75) is 46.7 Å². The van der Waals surface area contributed by atoms with Gasteiger partial charge < -0.3 is 5.32 Å². The first-order chi connectivity index (χ1) is 7.00. The summed E-state index contributed by atoms with van der Waals surface area (Å²) in [6.45, 7) is 10.9. The normalized spacial score (nSPS) is 18.7. The van der Waals surface area contributed by atoms with Gasteiger partial charge in [-0.15, -0.1) is 5.10 Å². The molecule has 2 heterocycles. The lowest BCUT2D eigenvalue weighted by atomic mass is 9.88.